The van der Waals surface area contributed by atoms with Gasteiger partial charge in [-0.1, -0.05) is 37.1 Å². The summed E-state index contributed by atoms with van der Waals surface area (Å²) in [4.78, 5) is 37.1. The molecule has 0 radical (unpaired) electrons. The van der Waals surface area contributed by atoms with Crippen molar-refractivity contribution in [3.8, 4) is 0 Å². The molecule has 1 aliphatic heterocycles. The highest BCUT2D eigenvalue weighted by Gasteiger charge is 2.66. The number of rotatable bonds is 1. The van der Waals surface area contributed by atoms with Crippen LogP contribution in [0.25, 0.3) is 0 Å². The predicted octanol–water partition coefficient (Wildman–Crippen LogP) is 3.91. The van der Waals surface area contributed by atoms with E-state index < -0.39 is 5.60 Å². The van der Waals surface area contributed by atoms with Gasteiger partial charge in [-0.3, -0.25) is 14.4 Å². The third-order valence-corrected chi connectivity index (χ3v) is 9.18. The number of carbonyl (C=O) groups excluding carboxylic acids is 3. The lowest BCUT2D eigenvalue weighted by atomic mass is 9.49. The monoisotopic (exact) mass is 398 g/mol. The number of ether oxygens (including phenoxy) is 2. The van der Waals surface area contributed by atoms with Crippen LogP contribution < -0.4 is 0 Å². The number of allylic oxidation sites excluding steroid dienone is 3. The average molecular weight is 398 g/mol. The number of hydrogen-bond donors (Lipinski definition) is 0. The predicted molar refractivity (Wildman–Crippen MR) is 106 cm³/mol. The van der Waals surface area contributed by atoms with Crippen molar-refractivity contribution >= 4 is 17.7 Å². The van der Waals surface area contributed by atoms with E-state index in [2.05, 4.69) is 26.0 Å². The van der Waals surface area contributed by atoms with Gasteiger partial charge in [0.25, 0.3) is 0 Å². The highest BCUT2D eigenvalue weighted by molar-refractivity contribution is 5.85. The van der Waals surface area contributed by atoms with Gasteiger partial charge in [-0.2, -0.15) is 0 Å². The highest BCUT2D eigenvalue weighted by Crippen LogP contribution is 2.68. The zero-order valence-corrected chi connectivity index (χ0v) is 17.6. The number of esters is 2. The van der Waals surface area contributed by atoms with Gasteiger partial charge in [0.15, 0.2) is 0 Å². The Kier molecular flexibility index (Phi) is 3.98. The van der Waals surface area contributed by atoms with Gasteiger partial charge in [0, 0.05) is 36.0 Å². The van der Waals surface area contributed by atoms with Crippen LogP contribution in [0.15, 0.2) is 23.3 Å². The summed E-state index contributed by atoms with van der Waals surface area (Å²) in [6.45, 7) is 4.51. The fourth-order valence-electron chi connectivity index (χ4n) is 7.45. The molecular formula is C24H30O5. The molecule has 2 saturated carbocycles. The molecule has 5 heteroatoms. The van der Waals surface area contributed by atoms with E-state index in [9.17, 15) is 14.4 Å². The third kappa shape index (κ3) is 2.36. The number of ketones is 1. The minimum atomic E-state index is -0.398. The fourth-order valence-corrected chi connectivity index (χ4v) is 7.45. The second kappa shape index (κ2) is 6.05. The highest BCUT2D eigenvalue weighted by atomic mass is 16.6. The number of carbonyl (C=O) groups is 3. The molecule has 4 aliphatic carbocycles. The van der Waals surface area contributed by atoms with Crippen molar-refractivity contribution in [2.24, 2.45) is 28.6 Å². The molecule has 0 bridgehead atoms. The summed E-state index contributed by atoms with van der Waals surface area (Å²) >= 11 is 0. The van der Waals surface area contributed by atoms with Gasteiger partial charge < -0.3 is 9.47 Å². The maximum Gasteiger partial charge on any atom is 0.313 e. The van der Waals surface area contributed by atoms with E-state index in [0.29, 0.717) is 19.3 Å². The van der Waals surface area contributed by atoms with E-state index in [1.54, 1.807) is 0 Å². The topological polar surface area (TPSA) is 69.7 Å². The molecule has 5 aliphatic rings. The molecule has 6 atom stereocenters. The lowest BCUT2D eigenvalue weighted by molar-refractivity contribution is -0.162. The zero-order chi connectivity index (χ0) is 20.6. The molecule has 0 aromatic carbocycles. The first-order valence-corrected chi connectivity index (χ1v) is 11.0. The third-order valence-electron chi connectivity index (χ3n) is 9.18. The quantitative estimate of drug-likeness (QED) is 0.495. The first-order valence-electron chi connectivity index (χ1n) is 11.0. The average Bonchev–Trinajstić information content (AvgIpc) is 3.22. The summed E-state index contributed by atoms with van der Waals surface area (Å²) in [5.41, 5.74) is 1.71. The van der Waals surface area contributed by atoms with Gasteiger partial charge in [0.05, 0.1) is 13.0 Å². The van der Waals surface area contributed by atoms with Crippen LogP contribution in [-0.4, -0.2) is 30.4 Å². The van der Waals surface area contributed by atoms with Gasteiger partial charge >= 0.3 is 11.9 Å². The second-order valence-electron chi connectivity index (χ2n) is 10.2. The summed E-state index contributed by atoms with van der Waals surface area (Å²) < 4.78 is 11.2. The molecule has 0 aromatic rings. The number of fused-ring (bicyclic) bond motifs is 6. The number of Topliss-reactive ketones (excluding diaryl/α,β-unsaturated/α-hetero) is 1. The van der Waals surface area contributed by atoms with Gasteiger partial charge in [-0.05, 0) is 38.0 Å². The molecule has 156 valence electrons. The number of methoxy groups -OCH3 is 1. The van der Waals surface area contributed by atoms with Crippen molar-refractivity contribution in [2.75, 3.05) is 7.11 Å². The fraction of sp³-hybridized carbons (Fsp3) is 0.708. The van der Waals surface area contributed by atoms with Crippen LogP contribution in [0.5, 0.6) is 0 Å². The zero-order valence-electron chi connectivity index (χ0n) is 17.6. The molecular weight excluding hydrogens is 368 g/mol. The number of hydrogen-bond acceptors (Lipinski definition) is 5. The Morgan fingerprint density at radius 2 is 1.97 bits per heavy atom. The summed E-state index contributed by atoms with van der Waals surface area (Å²) in [7, 11) is 1.45. The van der Waals surface area contributed by atoms with Crippen molar-refractivity contribution in [3.05, 3.63) is 23.3 Å². The lowest BCUT2D eigenvalue weighted by Crippen LogP contribution is -2.53. The maximum absolute atomic E-state index is 12.9. The molecule has 1 saturated heterocycles. The molecule has 5 rings (SSSR count). The molecule has 1 spiro atoms. The van der Waals surface area contributed by atoms with Crippen LogP contribution in [0.1, 0.15) is 65.2 Å². The molecule has 3 fully saturated rings. The first-order chi connectivity index (χ1) is 13.7. The lowest BCUT2D eigenvalue weighted by Gasteiger charge is -2.55. The Labute approximate surface area is 171 Å². The van der Waals surface area contributed by atoms with E-state index in [1.807, 2.05) is 0 Å². The van der Waals surface area contributed by atoms with Crippen molar-refractivity contribution in [2.45, 2.75) is 70.8 Å². The molecule has 29 heavy (non-hydrogen) atoms. The van der Waals surface area contributed by atoms with Crippen molar-refractivity contribution in [1.29, 1.82) is 0 Å². The van der Waals surface area contributed by atoms with Crippen molar-refractivity contribution in [3.63, 3.8) is 0 Å². The van der Waals surface area contributed by atoms with Crippen LogP contribution >= 0.6 is 0 Å². The van der Waals surface area contributed by atoms with Crippen molar-refractivity contribution in [1.82, 2.24) is 0 Å². The van der Waals surface area contributed by atoms with E-state index in [-0.39, 0.29) is 46.3 Å². The molecule has 1 heterocycles. The van der Waals surface area contributed by atoms with E-state index in [4.69, 9.17) is 9.47 Å². The van der Waals surface area contributed by atoms with Crippen LogP contribution in [-0.2, 0) is 23.9 Å². The van der Waals surface area contributed by atoms with Gasteiger partial charge in [-0.25, -0.2) is 0 Å². The molecule has 0 amide bonds. The molecule has 6 unspecified atom stereocenters. The minimum Gasteiger partial charge on any atom is -0.469 e. The summed E-state index contributed by atoms with van der Waals surface area (Å²) in [6.07, 6.45) is 10.2. The van der Waals surface area contributed by atoms with E-state index in [1.165, 1.54) is 12.7 Å². The summed E-state index contributed by atoms with van der Waals surface area (Å²) in [6, 6.07) is 0. The van der Waals surface area contributed by atoms with E-state index in [0.717, 1.165) is 37.7 Å². The van der Waals surface area contributed by atoms with Gasteiger partial charge in [0.2, 0.25) is 0 Å². The standard InChI is InChI=1S/C24H30O5/c1-22-8-4-15(25)12-14(22)13-16(21(27)28-3)20-17(22)5-9-23(2)18(20)6-10-24(23)11-7-19(26)29-24/h5,13,16,18,20H,4,6-12H2,1-3H3. The Bertz CT molecular complexity index is 868. The largest absolute Gasteiger partial charge is 0.469 e. The SMILES string of the molecule is COC(=O)C1C=C2CC(=O)CCC2(C)C2=CCC3(C)C(CCC34CCC(=O)O4)C21. The van der Waals surface area contributed by atoms with Gasteiger partial charge in [0.1, 0.15) is 11.4 Å². The first kappa shape index (κ1) is 19.1. The summed E-state index contributed by atoms with van der Waals surface area (Å²) in [5.74, 6) is -0.0877. The van der Waals surface area contributed by atoms with Crippen LogP contribution in [0.2, 0.25) is 0 Å². The second-order valence-corrected chi connectivity index (χ2v) is 10.2. The Balaban J connectivity index is 1.63. The molecule has 0 aromatic heterocycles. The van der Waals surface area contributed by atoms with Crippen molar-refractivity contribution < 1.29 is 23.9 Å². The van der Waals surface area contributed by atoms with Crippen LogP contribution in [0, 0.1) is 28.6 Å². The van der Waals surface area contributed by atoms with Crippen LogP contribution in [0.3, 0.4) is 0 Å². The Hall–Kier alpha value is -1.91. The molecule has 0 N–H and O–H groups in total. The maximum atomic E-state index is 12.9. The molecule has 5 nitrogen and oxygen atoms in total. The normalized spacial score (nSPS) is 45.7. The Morgan fingerprint density at radius 3 is 2.66 bits per heavy atom. The summed E-state index contributed by atoms with van der Waals surface area (Å²) in [5, 5.41) is 0. The van der Waals surface area contributed by atoms with Crippen LogP contribution in [0.4, 0.5) is 0 Å². The Morgan fingerprint density at radius 1 is 1.17 bits per heavy atom. The van der Waals surface area contributed by atoms with E-state index >= 15 is 0 Å². The smallest absolute Gasteiger partial charge is 0.313 e. The minimum absolute atomic E-state index is 0.0572. The van der Waals surface area contributed by atoms with Gasteiger partial charge in [-0.15, -0.1) is 0 Å².